The molecule has 0 aromatic rings. The molecule has 0 aromatic carbocycles. The second-order valence-electron chi connectivity index (χ2n) is 6.36. The van der Waals surface area contributed by atoms with Gasteiger partial charge in [0, 0.05) is 17.4 Å². The Labute approximate surface area is 133 Å². The Morgan fingerprint density at radius 3 is 2.81 bits per heavy atom. The fourth-order valence-electron chi connectivity index (χ4n) is 3.95. The van der Waals surface area contributed by atoms with Crippen LogP contribution in [0.2, 0.25) is 0 Å². The molecule has 1 N–H and O–H groups in total. The predicted octanol–water partition coefficient (Wildman–Crippen LogP) is 4.91. The molecule has 0 saturated heterocycles. The molecule has 2 fully saturated rings. The van der Waals surface area contributed by atoms with Crippen molar-refractivity contribution in [2.45, 2.75) is 57.1 Å². The van der Waals surface area contributed by atoms with E-state index < -0.39 is 5.97 Å². The third-order valence-electron chi connectivity index (χ3n) is 4.96. The molecule has 2 rings (SSSR count). The average molecular weight is 308 g/mol. The summed E-state index contributed by atoms with van der Waals surface area (Å²) in [6.45, 7) is 2.10. The van der Waals surface area contributed by atoms with Crippen LogP contribution in [0.3, 0.4) is 0 Å². The van der Waals surface area contributed by atoms with Crippen molar-refractivity contribution in [1.29, 1.82) is 0 Å². The summed E-state index contributed by atoms with van der Waals surface area (Å²) in [6, 6.07) is 0. The molecule has 118 valence electrons. The van der Waals surface area contributed by atoms with Gasteiger partial charge in [0.2, 0.25) is 0 Å². The maximum atomic E-state index is 10.5. The van der Waals surface area contributed by atoms with Crippen LogP contribution in [-0.4, -0.2) is 22.1 Å². The fraction of sp³-hybridized carbons (Fsp3) is 0.722. The number of carbonyl (C=O) groups is 1. The largest absolute Gasteiger partial charge is 0.481 e. The molecule has 2 bridgehead atoms. The van der Waals surface area contributed by atoms with Gasteiger partial charge in [0.15, 0.2) is 0 Å². The van der Waals surface area contributed by atoms with Gasteiger partial charge in [-0.25, -0.2) is 0 Å². The monoisotopic (exact) mass is 308 g/mol. The first-order valence-electron chi connectivity index (χ1n) is 8.32. The number of hydrogen-bond acceptors (Lipinski definition) is 2. The first kappa shape index (κ1) is 16.7. The zero-order valence-electron chi connectivity index (χ0n) is 13.0. The van der Waals surface area contributed by atoms with Crippen molar-refractivity contribution in [3.8, 4) is 0 Å². The Morgan fingerprint density at radius 2 is 2.05 bits per heavy atom. The summed E-state index contributed by atoms with van der Waals surface area (Å²) in [6.07, 6.45) is 16.4. The van der Waals surface area contributed by atoms with Gasteiger partial charge in [0.25, 0.3) is 0 Å². The highest BCUT2D eigenvalue weighted by Gasteiger charge is 2.46. The van der Waals surface area contributed by atoms with Crippen molar-refractivity contribution in [3.05, 3.63) is 24.3 Å². The van der Waals surface area contributed by atoms with E-state index in [1.165, 1.54) is 25.7 Å². The van der Waals surface area contributed by atoms with Crippen LogP contribution in [-0.2, 0) is 4.79 Å². The number of aliphatic carboxylic acids is 1. The minimum atomic E-state index is -0.683. The molecule has 4 atom stereocenters. The van der Waals surface area contributed by atoms with Crippen LogP contribution in [0.1, 0.15) is 51.9 Å². The zero-order valence-corrected chi connectivity index (χ0v) is 13.9. The van der Waals surface area contributed by atoms with E-state index in [1.54, 1.807) is 0 Å². The molecule has 2 nitrogen and oxygen atoms in total. The van der Waals surface area contributed by atoms with E-state index in [4.69, 9.17) is 5.11 Å². The molecule has 0 radical (unpaired) electrons. The highest BCUT2D eigenvalue weighted by molar-refractivity contribution is 8.00. The number of rotatable bonds is 9. The van der Waals surface area contributed by atoms with E-state index in [9.17, 15) is 4.79 Å². The van der Waals surface area contributed by atoms with Crippen LogP contribution in [0.25, 0.3) is 0 Å². The molecule has 2 saturated carbocycles. The van der Waals surface area contributed by atoms with Crippen LogP contribution >= 0.6 is 11.8 Å². The Bertz CT molecular complexity index is 389. The number of unbranched alkanes of at least 4 members (excludes halogenated alkanes) is 1. The maximum absolute atomic E-state index is 10.5. The molecule has 0 heterocycles. The average Bonchev–Trinajstić information content (AvgIpc) is 3.04. The minimum Gasteiger partial charge on any atom is -0.481 e. The van der Waals surface area contributed by atoms with E-state index in [0.717, 1.165) is 41.6 Å². The minimum absolute atomic E-state index is 0.292. The second kappa shape index (κ2) is 8.67. The normalized spacial score (nSPS) is 31.7. The lowest BCUT2D eigenvalue weighted by atomic mass is 9.86. The van der Waals surface area contributed by atoms with Gasteiger partial charge in [0.05, 0.1) is 0 Å². The predicted molar refractivity (Wildman–Crippen MR) is 90.6 cm³/mol. The van der Waals surface area contributed by atoms with Gasteiger partial charge in [-0.05, 0) is 63.2 Å². The fourth-order valence-corrected chi connectivity index (χ4v) is 5.57. The van der Waals surface area contributed by atoms with E-state index >= 15 is 0 Å². The number of allylic oxidation sites excluding steroid dienone is 3. The van der Waals surface area contributed by atoms with Crippen molar-refractivity contribution in [2.75, 3.05) is 5.75 Å². The first-order valence-corrected chi connectivity index (χ1v) is 9.36. The van der Waals surface area contributed by atoms with Crippen molar-refractivity contribution in [3.63, 3.8) is 0 Å². The van der Waals surface area contributed by atoms with E-state index in [-0.39, 0.29) is 0 Å². The smallest absolute Gasteiger partial charge is 0.303 e. The summed E-state index contributed by atoms with van der Waals surface area (Å²) in [5.74, 6) is 3.23. The zero-order chi connectivity index (χ0) is 15.1. The van der Waals surface area contributed by atoms with Gasteiger partial charge in [0.1, 0.15) is 0 Å². The molecule has 21 heavy (non-hydrogen) atoms. The van der Waals surface area contributed by atoms with E-state index in [2.05, 4.69) is 43.0 Å². The Hall–Kier alpha value is -0.700. The lowest BCUT2D eigenvalue weighted by molar-refractivity contribution is -0.137. The Morgan fingerprint density at radius 1 is 1.24 bits per heavy atom. The number of fused-ring (bicyclic) bond motifs is 2. The topological polar surface area (TPSA) is 37.3 Å². The molecule has 0 aliphatic heterocycles. The number of thioether (sulfide) groups is 1. The number of carboxylic acid groups (broad SMARTS) is 1. The SMILES string of the molecule is CC=CCS[C@@H]1[C@@H]2CC[C@@H](C2)[C@@H]1C/C=C\CCCC(=O)O. The Kier molecular flexibility index (Phi) is 6.88. The van der Waals surface area contributed by atoms with E-state index in [1.807, 2.05) is 0 Å². The summed E-state index contributed by atoms with van der Waals surface area (Å²) in [5.41, 5.74) is 0. The molecule has 0 unspecified atom stereocenters. The van der Waals surface area contributed by atoms with Gasteiger partial charge in [-0.15, -0.1) is 0 Å². The summed E-state index contributed by atoms with van der Waals surface area (Å²) >= 11 is 2.15. The maximum Gasteiger partial charge on any atom is 0.303 e. The van der Waals surface area contributed by atoms with Gasteiger partial charge < -0.3 is 5.11 Å². The van der Waals surface area contributed by atoms with Crippen molar-refractivity contribution in [1.82, 2.24) is 0 Å². The molecule has 0 spiro atoms. The molecule has 0 aromatic heterocycles. The van der Waals surface area contributed by atoms with Gasteiger partial charge in [-0.3, -0.25) is 4.79 Å². The number of carboxylic acids is 1. The highest BCUT2D eigenvalue weighted by Crippen LogP contribution is 2.54. The lowest BCUT2D eigenvalue weighted by Crippen LogP contribution is -2.24. The second-order valence-corrected chi connectivity index (χ2v) is 7.57. The molecule has 2 aliphatic rings. The molecular weight excluding hydrogens is 280 g/mol. The van der Waals surface area contributed by atoms with Gasteiger partial charge >= 0.3 is 5.97 Å². The third kappa shape index (κ3) is 4.91. The molecular formula is C18H28O2S. The Balaban J connectivity index is 1.74. The van der Waals surface area contributed by atoms with Crippen molar-refractivity contribution < 1.29 is 9.90 Å². The molecule has 3 heteroatoms. The van der Waals surface area contributed by atoms with Gasteiger partial charge in [-0.2, -0.15) is 11.8 Å². The summed E-state index contributed by atoms with van der Waals surface area (Å²) < 4.78 is 0. The van der Waals surface area contributed by atoms with Crippen LogP contribution in [0.4, 0.5) is 0 Å². The molecule has 0 amide bonds. The van der Waals surface area contributed by atoms with Crippen LogP contribution in [0.5, 0.6) is 0 Å². The first-order chi connectivity index (χ1) is 10.2. The van der Waals surface area contributed by atoms with Crippen LogP contribution < -0.4 is 0 Å². The standard InChI is InChI=1S/C18H28O2S/c1-2-3-12-21-18-15-11-10-14(13-15)16(18)8-6-4-5-7-9-17(19)20/h2-4,6,14-16,18H,5,7-13H2,1H3,(H,19,20)/b3-2?,6-4-/t14-,15+,16-,18+/m0/s1. The lowest BCUT2D eigenvalue weighted by Gasteiger charge is -2.29. The van der Waals surface area contributed by atoms with Crippen molar-refractivity contribution >= 4 is 17.7 Å². The summed E-state index contributed by atoms with van der Waals surface area (Å²) in [7, 11) is 0. The highest BCUT2D eigenvalue weighted by atomic mass is 32.2. The summed E-state index contributed by atoms with van der Waals surface area (Å²) in [4.78, 5) is 10.5. The van der Waals surface area contributed by atoms with Crippen LogP contribution in [0, 0.1) is 17.8 Å². The number of hydrogen-bond donors (Lipinski definition) is 1. The van der Waals surface area contributed by atoms with Crippen molar-refractivity contribution in [2.24, 2.45) is 17.8 Å². The van der Waals surface area contributed by atoms with E-state index in [0.29, 0.717) is 6.42 Å². The third-order valence-corrected chi connectivity index (χ3v) is 6.47. The van der Waals surface area contributed by atoms with Crippen LogP contribution in [0.15, 0.2) is 24.3 Å². The van der Waals surface area contributed by atoms with Gasteiger partial charge in [-0.1, -0.05) is 24.3 Å². The molecule has 2 aliphatic carbocycles. The quantitative estimate of drug-likeness (QED) is 0.485. The summed E-state index contributed by atoms with van der Waals surface area (Å²) in [5, 5.41) is 9.47.